The van der Waals surface area contributed by atoms with Crippen molar-refractivity contribution in [2.24, 2.45) is 5.92 Å². The van der Waals surface area contributed by atoms with E-state index in [9.17, 15) is 0 Å². The van der Waals surface area contributed by atoms with Crippen LogP contribution in [0.5, 0.6) is 0 Å². The van der Waals surface area contributed by atoms with Crippen molar-refractivity contribution in [1.29, 1.82) is 0 Å². The van der Waals surface area contributed by atoms with E-state index in [1.165, 1.54) is 128 Å². The normalized spacial score (nSPS) is 11.8. The highest BCUT2D eigenvalue weighted by atomic mass is 127. The Kier molecular flexibility index (Phi) is 25.6. The smallest absolute Gasteiger partial charge is 0.0122 e. The van der Waals surface area contributed by atoms with Gasteiger partial charge in [-0.3, -0.25) is 0 Å². The Hall–Kier alpha value is 1.16. The first kappa shape index (κ1) is 31.3. The van der Waals surface area contributed by atoms with Gasteiger partial charge < -0.3 is 0 Å². The average Bonchev–Trinajstić information content (AvgIpc) is 2.67. The predicted octanol–water partition coefficient (Wildman–Crippen LogP) is 10.7. The van der Waals surface area contributed by atoms with Gasteiger partial charge in [-0.15, -0.1) is 33.2 Å². The fraction of sp³-hybridized carbons (Fsp3) is 1.00. The Balaban J connectivity index is 0. The fourth-order valence-corrected chi connectivity index (χ4v) is 5.39. The van der Waals surface area contributed by atoms with Crippen LogP contribution in [0.25, 0.3) is 0 Å². The molecule has 0 aliphatic rings. The third-order valence-corrected chi connectivity index (χ3v) is 7.67. The van der Waals surface area contributed by atoms with E-state index in [0.29, 0.717) is 5.16 Å². The van der Waals surface area contributed by atoms with E-state index in [4.69, 9.17) is 0 Å². The van der Waals surface area contributed by atoms with Crippen LogP contribution in [0.3, 0.4) is 0 Å². The van der Waals surface area contributed by atoms with Crippen LogP contribution >= 0.6 is 33.2 Å². The molecule has 0 amide bonds. The average molecular weight is 527 g/mol. The first-order valence-electron chi connectivity index (χ1n) is 12.9. The second-order valence-corrected chi connectivity index (χ2v) is 10.4. The maximum atomic E-state index is 3.45. The standard InChI is InChI=1S/C26H55P.HI/c1-5-9-13-17-21-25(22-18-14-10-6-2)26(27,23-19-15-11-7-3)24-20-16-12-8-4;/h25H,5-24,27H2,1-4H3;1H. The molecule has 0 saturated heterocycles. The van der Waals surface area contributed by atoms with Crippen molar-refractivity contribution in [2.45, 2.75) is 161 Å². The van der Waals surface area contributed by atoms with Crippen LogP contribution in [0.4, 0.5) is 0 Å². The quantitative estimate of drug-likeness (QED) is 0.0793. The van der Waals surface area contributed by atoms with Gasteiger partial charge in [0.25, 0.3) is 0 Å². The number of hydrogen-bond donors (Lipinski definition) is 0. The third kappa shape index (κ3) is 16.9. The van der Waals surface area contributed by atoms with Gasteiger partial charge in [0, 0.05) is 0 Å². The summed E-state index contributed by atoms with van der Waals surface area (Å²) in [6.07, 6.45) is 28.7. The molecule has 0 radical (unpaired) electrons. The summed E-state index contributed by atoms with van der Waals surface area (Å²) in [5.41, 5.74) is 0. The van der Waals surface area contributed by atoms with E-state index in [0.717, 1.165) is 5.92 Å². The Morgan fingerprint density at radius 3 is 1.14 bits per heavy atom. The van der Waals surface area contributed by atoms with Gasteiger partial charge in [-0.05, 0) is 36.8 Å². The maximum Gasteiger partial charge on any atom is -0.0122 e. The summed E-state index contributed by atoms with van der Waals surface area (Å²) >= 11 is 0. The summed E-state index contributed by atoms with van der Waals surface area (Å²) in [7, 11) is 3.45. The molecule has 0 spiro atoms. The molecule has 0 aromatic heterocycles. The number of unbranched alkanes of at least 4 members (excludes halogenated alkanes) is 12. The van der Waals surface area contributed by atoms with Gasteiger partial charge in [-0.25, -0.2) is 0 Å². The minimum atomic E-state index is 0. The van der Waals surface area contributed by atoms with Crippen molar-refractivity contribution in [1.82, 2.24) is 0 Å². The molecule has 28 heavy (non-hydrogen) atoms. The largest absolute Gasteiger partial charge is 0.131 e. The van der Waals surface area contributed by atoms with Crippen LogP contribution in [-0.4, -0.2) is 5.16 Å². The molecule has 2 heteroatoms. The molecular formula is C26H56IP. The van der Waals surface area contributed by atoms with Crippen molar-refractivity contribution in [3.8, 4) is 0 Å². The number of rotatable bonds is 21. The minimum Gasteiger partial charge on any atom is -0.131 e. The Labute approximate surface area is 199 Å². The van der Waals surface area contributed by atoms with Crippen molar-refractivity contribution in [3.63, 3.8) is 0 Å². The molecule has 1 unspecified atom stereocenters. The Bertz CT molecular complexity index is 268. The highest BCUT2D eigenvalue weighted by molar-refractivity contribution is 14.0. The van der Waals surface area contributed by atoms with Crippen LogP contribution in [-0.2, 0) is 0 Å². The van der Waals surface area contributed by atoms with Gasteiger partial charge in [0.15, 0.2) is 0 Å². The van der Waals surface area contributed by atoms with Gasteiger partial charge in [0.1, 0.15) is 0 Å². The van der Waals surface area contributed by atoms with Crippen LogP contribution in [0.15, 0.2) is 0 Å². The molecule has 0 aliphatic carbocycles. The van der Waals surface area contributed by atoms with E-state index in [1.54, 1.807) is 0 Å². The van der Waals surface area contributed by atoms with Crippen molar-refractivity contribution in [2.75, 3.05) is 0 Å². The van der Waals surface area contributed by atoms with Crippen molar-refractivity contribution < 1.29 is 0 Å². The van der Waals surface area contributed by atoms with Crippen LogP contribution < -0.4 is 0 Å². The second-order valence-electron chi connectivity index (χ2n) is 9.25. The second kappa shape index (κ2) is 22.8. The van der Waals surface area contributed by atoms with E-state index in [1.807, 2.05) is 0 Å². The maximum absolute atomic E-state index is 3.45. The first-order valence-corrected chi connectivity index (χ1v) is 13.5. The SMILES string of the molecule is CCCCCCC(CCCCCC)C(P)(CCCCCC)CCCCCC.I. The summed E-state index contributed by atoms with van der Waals surface area (Å²) in [6, 6.07) is 0. The zero-order valence-corrected chi connectivity index (χ0v) is 23.7. The molecule has 0 aromatic rings. The Morgan fingerprint density at radius 1 is 0.500 bits per heavy atom. The predicted molar refractivity (Wildman–Crippen MR) is 146 cm³/mol. The topological polar surface area (TPSA) is 0 Å². The van der Waals surface area contributed by atoms with Crippen molar-refractivity contribution in [3.05, 3.63) is 0 Å². The number of hydrogen-bond acceptors (Lipinski definition) is 0. The van der Waals surface area contributed by atoms with Crippen molar-refractivity contribution >= 4 is 33.2 Å². The molecule has 172 valence electrons. The molecule has 0 aromatic carbocycles. The summed E-state index contributed by atoms with van der Waals surface area (Å²) in [6.45, 7) is 9.35. The lowest BCUT2D eigenvalue weighted by Gasteiger charge is -2.39. The van der Waals surface area contributed by atoms with Gasteiger partial charge in [0.2, 0.25) is 0 Å². The molecule has 0 aliphatic heterocycles. The van der Waals surface area contributed by atoms with Crippen LogP contribution in [0.1, 0.15) is 156 Å². The van der Waals surface area contributed by atoms with Gasteiger partial charge in [-0.1, -0.05) is 130 Å². The Morgan fingerprint density at radius 2 is 0.821 bits per heavy atom. The molecule has 0 nitrogen and oxygen atoms in total. The molecule has 0 heterocycles. The summed E-state index contributed by atoms with van der Waals surface area (Å²) < 4.78 is 0. The van der Waals surface area contributed by atoms with Gasteiger partial charge in [-0.2, -0.15) is 0 Å². The lowest BCUT2D eigenvalue weighted by Crippen LogP contribution is -2.32. The molecule has 1 atom stereocenters. The van der Waals surface area contributed by atoms with Crippen LogP contribution in [0.2, 0.25) is 0 Å². The van der Waals surface area contributed by atoms with E-state index >= 15 is 0 Å². The molecule has 0 bridgehead atoms. The van der Waals surface area contributed by atoms with E-state index < -0.39 is 0 Å². The van der Waals surface area contributed by atoms with E-state index in [-0.39, 0.29) is 24.0 Å². The lowest BCUT2D eigenvalue weighted by molar-refractivity contribution is 0.270. The summed E-state index contributed by atoms with van der Waals surface area (Å²) in [5.74, 6) is 0.944. The molecular weight excluding hydrogens is 470 g/mol. The lowest BCUT2D eigenvalue weighted by atomic mass is 9.77. The molecule has 0 saturated carbocycles. The summed E-state index contributed by atoms with van der Waals surface area (Å²) in [4.78, 5) is 0. The molecule has 0 N–H and O–H groups in total. The highest BCUT2D eigenvalue weighted by Gasteiger charge is 2.32. The zero-order valence-electron chi connectivity index (χ0n) is 20.2. The van der Waals surface area contributed by atoms with Gasteiger partial charge in [0.05, 0.1) is 0 Å². The summed E-state index contributed by atoms with van der Waals surface area (Å²) in [5, 5.41) is 0.528. The monoisotopic (exact) mass is 526 g/mol. The molecule has 0 rings (SSSR count). The minimum absolute atomic E-state index is 0. The first-order chi connectivity index (χ1) is 13.1. The van der Waals surface area contributed by atoms with E-state index in [2.05, 4.69) is 36.9 Å². The third-order valence-electron chi connectivity index (χ3n) is 6.62. The molecule has 0 fully saturated rings. The highest BCUT2D eigenvalue weighted by Crippen LogP contribution is 2.44. The van der Waals surface area contributed by atoms with Gasteiger partial charge >= 0.3 is 0 Å². The fourth-order valence-electron chi connectivity index (χ4n) is 4.65. The van der Waals surface area contributed by atoms with Crippen LogP contribution in [0, 0.1) is 5.92 Å². The number of halogens is 1. The zero-order chi connectivity index (χ0) is 20.2.